The number of primary amides is 1. The van der Waals surface area contributed by atoms with Gasteiger partial charge in [-0.15, -0.1) is 0 Å². The molecule has 3 N–H and O–H groups in total. The number of para-hydroxylation sites is 1. The molecule has 2 heterocycles. The number of aromatic nitrogens is 3. The number of nitrogens with zero attached hydrogens (tertiary/aromatic N) is 2. The van der Waals surface area contributed by atoms with Gasteiger partial charge in [-0.2, -0.15) is 0 Å². The molecule has 0 spiro atoms. The number of amides is 1. The van der Waals surface area contributed by atoms with E-state index >= 15 is 0 Å². The van der Waals surface area contributed by atoms with Crippen molar-refractivity contribution in [1.29, 1.82) is 0 Å². The average Bonchev–Trinajstić information content (AvgIpc) is 3.27. The maximum absolute atomic E-state index is 12.4. The third kappa shape index (κ3) is 3.60. The number of imidazole rings is 1. The fourth-order valence-corrected chi connectivity index (χ4v) is 3.69. The van der Waals surface area contributed by atoms with Crippen LogP contribution in [0, 0.1) is 6.92 Å². The van der Waals surface area contributed by atoms with Crippen molar-refractivity contribution >= 4 is 5.91 Å². The molecule has 0 atom stereocenters. The van der Waals surface area contributed by atoms with Gasteiger partial charge in [0, 0.05) is 47.4 Å². The maximum atomic E-state index is 12.4. The number of nitrogens with two attached hydrogens (primary N) is 1. The van der Waals surface area contributed by atoms with Crippen LogP contribution >= 0.6 is 0 Å². The highest BCUT2D eigenvalue weighted by Crippen LogP contribution is 2.38. The first kappa shape index (κ1) is 18.8. The molecule has 0 aliphatic heterocycles. The largest absolute Gasteiger partial charge is 0.496 e. The summed E-state index contributed by atoms with van der Waals surface area (Å²) >= 11 is 0. The second-order valence-corrected chi connectivity index (χ2v) is 6.58. The first-order valence-electron chi connectivity index (χ1n) is 9.20. The lowest BCUT2D eigenvalue weighted by Crippen LogP contribution is -2.14. The van der Waals surface area contributed by atoms with Crippen molar-refractivity contribution < 1.29 is 9.53 Å². The first-order chi connectivity index (χ1) is 13.1. The Balaban J connectivity index is 2.18. The number of hydrogen-bond acceptors (Lipinski definition) is 3. The summed E-state index contributed by atoms with van der Waals surface area (Å²) in [6, 6.07) is 7.77. The van der Waals surface area contributed by atoms with Gasteiger partial charge in [0.25, 0.3) is 5.91 Å². The number of methoxy groups -OCH3 is 1. The fraction of sp³-hybridized carbons (Fsp3) is 0.333. The van der Waals surface area contributed by atoms with Crippen molar-refractivity contribution in [2.45, 2.75) is 39.7 Å². The molecule has 6 nitrogen and oxygen atoms in total. The van der Waals surface area contributed by atoms with E-state index in [1.807, 2.05) is 37.4 Å². The molecule has 0 bridgehead atoms. The Morgan fingerprint density at radius 2 is 2.07 bits per heavy atom. The Bertz CT molecular complexity index is 926. The van der Waals surface area contributed by atoms with E-state index in [9.17, 15) is 4.79 Å². The summed E-state index contributed by atoms with van der Waals surface area (Å²) in [4.78, 5) is 19.6. The van der Waals surface area contributed by atoms with E-state index in [2.05, 4.69) is 21.5 Å². The van der Waals surface area contributed by atoms with Gasteiger partial charge in [0.2, 0.25) is 0 Å². The number of aryl methyl sites for hydroxylation is 1. The van der Waals surface area contributed by atoms with Crippen LogP contribution in [0.25, 0.3) is 11.1 Å². The summed E-state index contributed by atoms with van der Waals surface area (Å²) < 4.78 is 7.78. The lowest BCUT2D eigenvalue weighted by atomic mass is 9.97. The maximum Gasteiger partial charge on any atom is 0.251 e. The van der Waals surface area contributed by atoms with E-state index in [1.54, 1.807) is 13.4 Å². The van der Waals surface area contributed by atoms with Crippen molar-refractivity contribution in [3.63, 3.8) is 0 Å². The number of carbonyl (C=O) groups excluding carboxylic acids is 1. The molecular weight excluding hydrogens is 340 g/mol. The van der Waals surface area contributed by atoms with Crippen LogP contribution in [0.15, 0.2) is 36.8 Å². The third-order valence-electron chi connectivity index (χ3n) is 4.90. The Morgan fingerprint density at radius 1 is 1.30 bits per heavy atom. The lowest BCUT2D eigenvalue weighted by molar-refractivity contribution is 0.1000. The average molecular weight is 366 g/mol. The molecule has 3 aromatic rings. The second-order valence-electron chi connectivity index (χ2n) is 6.58. The van der Waals surface area contributed by atoms with E-state index in [4.69, 9.17) is 10.5 Å². The predicted octanol–water partition coefficient (Wildman–Crippen LogP) is 3.49. The van der Waals surface area contributed by atoms with Crippen LogP contribution in [0.5, 0.6) is 5.75 Å². The van der Waals surface area contributed by atoms with Gasteiger partial charge in [0.1, 0.15) is 5.75 Å². The minimum absolute atomic E-state index is 0.411. The zero-order valence-corrected chi connectivity index (χ0v) is 16.1. The number of ether oxygens (including phenoxy) is 1. The molecule has 27 heavy (non-hydrogen) atoms. The van der Waals surface area contributed by atoms with Gasteiger partial charge in [-0.05, 0) is 19.4 Å². The minimum Gasteiger partial charge on any atom is -0.496 e. The highest BCUT2D eigenvalue weighted by Gasteiger charge is 2.26. The number of rotatable bonds is 8. The topological polar surface area (TPSA) is 85.9 Å². The summed E-state index contributed by atoms with van der Waals surface area (Å²) in [6.07, 6.45) is 6.13. The zero-order valence-electron chi connectivity index (χ0n) is 16.1. The van der Waals surface area contributed by atoms with Crippen LogP contribution in [0.4, 0.5) is 0 Å². The number of carbonyl (C=O) groups is 1. The van der Waals surface area contributed by atoms with Gasteiger partial charge in [0.15, 0.2) is 0 Å². The molecule has 1 aromatic carbocycles. The van der Waals surface area contributed by atoms with Gasteiger partial charge in [0.05, 0.1) is 19.0 Å². The van der Waals surface area contributed by atoms with E-state index in [0.717, 1.165) is 59.8 Å². The summed E-state index contributed by atoms with van der Waals surface area (Å²) in [6.45, 7) is 4.85. The fourth-order valence-electron chi connectivity index (χ4n) is 3.69. The van der Waals surface area contributed by atoms with Gasteiger partial charge in [-0.25, -0.2) is 4.98 Å². The number of benzene rings is 1. The number of hydrogen-bond donors (Lipinski definition) is 2. The summed E-state index contributed by atoms with van der Waals surface area (Å²) in [5.41, 5.74) is 11.2. The van der Waals surface area contributed by atoms with E-state index < -0.39 is 5.91 Å². The van der Waals surface area contributed by atoms with Gasteiger partial charge in [-0.1, -0.05) is 31.5 Å². The molecule has 6 heteroatoms. The normalized spacial score (nSPS) is 10.9. The minimum atomic E-state index is -0.411. The van der Waals surface area contributed by atoms with Crippen LogP contribution < -0.4 is 10.5 Å². The molecule has 2 aromatic heterocycles. The highest BCUT2D eigenvalue weighted by atomic mass is 16.5. The van der Waals surface area contributed by atoms with Gasteiger partial charge < -0.3 is 20.0 Å². The molecule has 1 amide bonds. The van der Waals surface area contributed by atoms with Gasteiger partial charge in [-0.3, -0.25) is 4.79 Å². The summed E-state index contributed by atoms with van der Waals surface area (Å²) in [7, 11) is 1.64. The van der Waals surface area contributed by atoms with Crippen LogP contribution in [0.3, 0.4) is 0 Å². The zero-order chi connectivity index (χ0) is 19.4. The van der Waals surface area contributed by atoms with E-state index in [-0.39, 0.29) is 0 Å². The molecule has 0 fully saturated rings. The first-order valence-corrected chi connectivity index (χ1v) is 9.20. The van der Waals surface area contributed by atoms with Gasteiger partial charge >= 0.3 is 0 Å². The predicted molar refractivity (Wildman–Crippen MR) is 106 cm³/mol. The van der Waals surface area contributed by atoms with Crippen molar-refractivity contribution in [3.05, 3.63) is 59.4 Å². The Morgan fingerprint density at radius 3 is 2.70 bits per heavy atom. The Kier molecular flexibility index (Phi) is 5.64. The number of aromatic amines is 1. The smallest absolute Gasteiger partial charge is 0.251 e. The molecule has 0 aliphatic carbocycles. The van der Waals surface area contributed by atoms with Crippen LogP contribution in [0.2, 0.25) is 0 Å². The molecule has 142 valence electrons. The standard InChI is InChI=1S/C21H26N4O2/c1-4-7-17-20(16-8-5-6-9-18(16)27-3)19(21(22)26)14(2)25(17)11-10-15-12-23-13-24-15/h5-6,8-9,12-13H,4,7,10-11H2,1-3H3,(H2,22,26)(H,23,24). The van der Waals surface area contributed by atoms with Crippen LogP contribution in [0.1, 0.15) is 40.8 Å². The van der Waals surface area contributed by atoms with E-state index in [1.165, 1.54) is 0 Å². The molecule has 0 saturated heterocycles. The molecule has 3 rings (SSSR count). The van der Waals surface area contributed by atoms with Crippen LogP contribution in [-0.2, 0) is 19.4 Å². The van der Waals surface area contributed by atoms with Crippen molar-refractivity contribution in [3.8, 4) is 16.9 Å². The highest BCUT2D eigenvalue weighted by molar-refractivity contribution is 6.03. The Labute approximate surface area is 159 Å². The lowest BCUT2D eigenvalue weighted by Gasteiger charge is -2.14. The molecule has 0 radical (unpaired) electrons. The quantitative estimate of drug-likeness (QED) is 0.640. The van der Waals surface area contributed by atoms with Crippen molar-refractivity contribution in [2.75, 3.05) is 7.11 Å². The molecule has 0 saturated carbocycles. The SMILES string of the molecule is CCCc1c(-c2ccccc2OC)c(C(N)=O)c(C)n1CCc1cnc[nH]1. The summed E-state index contributed by atoms with van der Waals surface area (Å²) in [5.74, 6) is 0.328. The van der Waals surface area contributed by atoms with Crippen LogP contribution in [-0.4, -0.2) is 27.6 Å². The van der Waals surface area contributed by atoms with E-state index in [0.29, 0.717) is 5.56 Å². The Hall–Kier alpha value is -3.02. The summed E-state index contributed by atoms with van der Waals surface area (Å²) in [5, 5.41) is 0. The molecule has 0 unspecified atom stereocenters. The second kappa shape index (κ2) is 8.12. The number of H-pyrrole nitrogens is 1. The molecular formula is C21H26N4O2. The number of nitrogens with one attached hydrogen (secondary N) is 1. The third-order valence-corrected chi connectivity index (χ3v) is 4.90. The van der Waals surface area contributed by atoms with Crippen molar-refractivity contribution in [2.24, 2.45) is 5.73 Å². The monoisotopic (exact) mass is 366 g/mol. The molecule has 0 aliphatic rings. The van der Waals surface area contributed by atoms with Crippen molar-refractivity contribution in [1.82, 2.24) is 14.5 Å².